The molecule has 7 nitrogen and oxygen atoms in total. The van der Waals surface area contributed by atoms with E-state index in [1.807, 2.05) is 13.8 Å². The summed E-state index contributed by atoms with van der Waals surface area (Å²) in [6.07, 6.45) is 5.39. The SMILES string of the molecule is C=CCCOC(=O)[C@@H]1[C@H]2C(=O)N([C@H](C)CO)C(C(=O)N(CC=C)C(C)C)C23CC[C@H]1S3. The second-order valence-electron chi connectivity index (χ2n) is 8.95. The first-order chi connectivity index (χ1) is 14.7. The molecule has 3 heterocycles. The Kier molecular flexibility index (Phi) is 7.21. The van der Waals surface area contributed by atoms with Crippen molar-refractivity contribution < 1.29 is 24.2 Å². The molecule has 0 aliphatic carbocycles. The van der Waals surface area contributed by atoms with Crippen molar-refractivity contribution in [3.05, 3.63) is 25.3 Å². The molecule has 3 aliphatic rings. The minimum atomic E-state index is -0.713. The van der Waals surface area contributed by atoms with Gasteiger partial charge in [-0.1, -0.05) is 12.2 Å². The minimum absolute atomic E-state index is 0.0287. The van der Waals surface area contributed by atoms with Gasteiger partial charge < -0.3 is 19.6 Å². The molecule has 3 rings (SSSR count). The van der Waals surface area contributed by atoms with Crippen molar-refractivity contribution in [2.45, 2.75) is 68.2 Å². The van der Waals surface area contributed by atoms with Gasteiger partial charge in [-0.3, -0.25) is 14.4 Å². The molecule has 0 aromatic rings. The number of nitrogens with zero attached hydrogens (tertiary/aromatic N) is 2. The number of fused-ring (bicyclic) bond motifs is 1. The fourth-order valence-corrected chi connectivity index (χ4v) is 7.58. The van der Waals surface area contributed by atoms with Gasteiger partial charge in [-0.05, 0) is 40.0 Å². The van der Waals surface area contributed by atoms with Crippen molar-refractivity contribution in [2.75, 3.05) is 19.8 Å². The Hall–Kier alpha value is -1.80. The third-order valence-electron chi connectivity index (χ3n) is 6.78. The summed E-state index contributed by atoms with van der Waals surface area (Å²) in [4.78, 5) is 43.7. The molecule has 0 radical (unpaired) electrons. The Morgan fingerprint density at radius 2 is 2.06 bits per heavy atom. The van der Waals surface area contributed by atoms with E-state index in [0.29, 0.717) is 19.4 Å². The number of esters is 1. The monoisotopic (exact) mass is 450 g/mol. The average Bonchev–Trinajstić information content (AvgIpc) is 3.38. The van der Waals surface area contributed by atoms with Crippen LogP contribution in [0.15, 0.2) is 25.3 Å². The summed E-state index contributed by atoms with van der Waals surface area (Å²) in [6.45, 7) is 13.4. The largest absolute Gasteiger partial charge is 0.465 e. The van der Waals surface area contributed by atoms with Crippen molar-refractivity contribution in [1.82, 2.24) is 9.80 Å². The van der Waals surface area contributed by atoms with Crippen LogP contribution in [0.3, 0.4) is 0 Å². The van der Waals surface area contributed by atoms with Gasteiger partial charge in [0, 0.05) is 17.8 Å². The number of hydrogen-bond acceptors (Lipinski definition) is 6. The highest BCUT2D eigenvalue weighted by Gasteiger charge is 2.74. The number of carbonyl (C=O) groups is 3. The topological polar surface area (TPSA) is 87.1 Å². The number of likely N-dealkylation sites (tertiary alicyclic amines) is 1. The maximum absolute atomic E-state index is 13.8. The van der Waals surface area contributed by atoms with Crippen LogP contribution in [0.1, 0.15) is 40.0 Å². The third-order valence-corrected chi connectivity index (χ3v) is 8.73. The van der Waals surface area contributed by atoms with Crippen LogP contribution in [0, 0.1) is 11.8 Å². The number of amides is 2. The molecule has 0 saturated carbocycles. The highest BCUT2D eigenvalue weighted by molar-refractivity contribution is 8.02. The summed E-state index contributed by atoms with van der Waals surface area (Å²) in [6, 6.07) is -1.29. The minimum Gasteiger partial charge on any atom is -0.465 e. The number of ether oxygens (including phenoxy) is 1. The van der Waals surface area contributed by atoms with Crippen LogP contribution in [-0.4, -0.2) is 80.6 Å². The molecule has 3 saturated heterocycles. The Balaban J connectivity index is 2.00. The van der Waals surface area contributed by atoms with E-state index in [0.717, 1.165) is 6.42 Å². The molecule has 2 unspecified atom stereocenters. The zero-order valence-corrected chi connectivity index (χ0v) is 19.5. The van der Waals surface area contributed by atoms with Crippen LogP contribution < -0.4 is 0 Å². The molecular weight excluding hydrogens is 416 g/mol. The summed E-state index contributed by atoms with van der Waals surface area (Å²) >= 11 is 1.61. The van der Waals surface area contributed by atoms with Crippen LogP contribution in [0.4, 0.5) is 0 Å². The lowest BCUT2D eigenvalue weighted by Crippen LogP contribution is -2.58. The van der Waals surface area contributed by atoms with Crippen LogP contribution in [-0.2, 0) is 19.1 Å². The smallest absolute Gasteiger partial charge is 0.310 e. The highest BCUT2D eigenvalue weighted by Crippen LogP contribution is 2.66. The lowest BCUT2D eigenvalue weighted by atomic mass is 9.71. The molecule has 0 aromatic carbocycles. The van der Waals surface area contributed by atoms with Crippen molar-refractivity contribution >= 4 is 29.5 Å². The van der Waals surface area contributed by atoms with Gasteiger partial charge in [-0.2, -0.15) is 0 Å². The number of aliphatic hydroxyl groups is 1. The molecular formula is C23H34N2O5S. The second kappa shape index (κ2) is 9.36. The van der Waals surface area contributed by atoms with E-state index in [4.69, 9.17) is 4.74 Å². The first-order valence-corrected chi connectivity index (χ1v) is 11.9. The number of carbonyl (C=O) groups excluding carboxylic acids is 3. The van der Waals surface area contributed by atoms with Crippen LogP contribution in [0.5, 0.6) is 0 Å². The van der Waals surface area contributed by atoms with Gasteiger partial charge in [0.25, 0.3) is 0 Å². The second-order valence-corrected chi connectivity index (χ2v) is 10.6. The van der Waals surface area contributed by atoms with Crippen molar-refractivity contribution in [1.29, 1.82) is 0 Å². The lowest BCUT2D eigenvalue weighted by molar-refractivity contribution is -0.154. The van der Waals surface area contributed by atoms with E-state index < -0.39 is 28.7 Å². The van der Waals surface area contributed by atoms with Gasteiger partial charge in [-0.15, -0.1) is 24.9 Å². The average molecular weight is 451 g/mol. The summed E-state index contributed by atoms with van der Waals surface area (Å²) in [5.41, 5.74) is 0. The number of hydrogen-bond donors (Lipinski definition) is 1. The molecule has 172 valence electrons. The first kappa shape index (κ1) is 23.9. The molecule has 0 aromatic heterocycles. The fraction of sp³-hybridized carbons (Fsp3) is 0.696. The van der Waals surface area contributed by atoms with Gasteiger partial charge >= 0.3 is 5.97 Å². The van der Waals surface area contributed by atoms with E-state index in [1.165, 1.54) is 0 Å². The first-order valence-electron chi connectivity index (χ1n) is 11.0. The van der Waals surface area contributed by atoms with Gasteiger partial charge in [0.2, 0.25) is 11.8 Å². The van der Waals surface area contributed by atoms with Crippen molar-refractivity contribution in [2.24, 2.45) is 11.8 Å². The summed E-state index contributed by atoms with van der Waals surface area (Å²) in [7, 11) is 0. The zero-order valence-electron chi connectivity index (χ0n) is 18.7. The molecule has 2 amide bonds. The third kappa shape index (κ3) is 3.82. The zero-order chi connectivity index (χ0) is 22.9. The molecule has 1 spiro atoms. The lowest BCUT2D eigenvalue weighted by Gasteiger charge is -2.40. The van der Waals surface area contributed by atoms with Crippen LogP contribution >= 0.6 is 11.8 Å². The van der Waals surface area contributed by atoms with Crippen LogP contribution in [0.2, 0.25) is 0 Å². The van der Waals surface area contributed by atoms with E-state index in [2.05, 4.69) is 13.2 Å². The Morgan fingerprint density at radius 1 is 1.35 bits per heavy atom. The van der Waals surface area contributed by atoms with E-state index in [1.54, 1.807) is 40.6 Å². The molecule has 8 heteroatoms. The predicted octanol–water partition coefficient (Wildman–Crippen LogP) is 2.00. The van der Waals surface area contributed by atoms with E-state index in [-0.39, 0.29) is 42.3 Å². The molecule has 6 atom stereocenters. The van der Waals surface area contributed by atoms with Gasteiger partial charge in [-0.25, -0.2) is 0 Å². The highest BCUT2D eigenvalue weighted by atomic mass is 32.2. The van der Waals surface area contributed by atoms with E-state index >= 15 is 0 Å². The van der Waals surface area contributed by atoms with Gasteiger partial charge in [0.1, 0.15) is 6.04 Å². The standard InChI is InChI=1S/C23H34N2O5S/c1-6-8-12-30-22(29)17-16-9-10-23(31-16)18(17)20(27)25(15(5)13-26)19(23)21(28)24(11-7-2)14(3)4/h6-7,14-19,26H,1-2,8-13H2,3-5H3/t15-,16-,17+,18+,19?,23?/m1/s1. The van der Waals surface area contributed by atoms with Crippen molar-refractivity contribution in [3.8, 4) is 0 Å². The summed E-state index contributed by atoms with van der Waals surface area (Å²) in [5.74, 6) is -1.89. The maximum atomic E-state index is 13.8. The molecule has 31 heavy (non-hydrogen) atoms. The molecule has 1 N–H and O–H groups in total. The molecule has 3 fully saturated rings. The summed E-state index contributed by atoms with van der Waals surface area (Å²) in [5, 5.41) is 9.84. The predicted molar refractivity (Wildman–Crippen MR) is 120 cm³/mol. The quantitative estimate of drug-likeness (QED) is 0.311. The molecule has 3 aliphatic heterocycles. The van der Waals surface area contributed by atoms with Crippen molar-refractivity contribution in [3.63, 3.8) is 0 Å². The number of aliphatic hydroxyl groups excluding tert-OH is 1. The maximum Gasteiger partial charge on any atom is 0.310 e. The van der Waals surface area contributed by atoms with E-state index in [9.17, 15) is 19.5 Å². The normalized spacial score (nSPS) is 32.2. The Labute approximate surface area is 188 Å². The number of thioether (sulfide) groups is 1. The molecule has 2 bridgehead atoms. The van der Waals surface area contributed by atoms with Gasteiger partial charge in [0.15, 0.2) is 0 Å². The Bertz CT molecular complexity index is 756. The Morgan fingerprint density at radius 3 is 2.65 bits per heavy atom. The van der Waals surface area contributed by atoms with Crippen LogP contribution in [0.25, 0.3) is 0 Å². The summed E-state index contributed by atoms with van der Waals surface area (Å²) < 4.78 is 4.79. The van der Waals surface area contributed by atoms with Gasteiger partial charge in [0.05, 0.1) is 35.8 Å². The number of rotatable bonds is 10. The fourth-order valence-electron chi connectivity index (χ4n) is 5.39.